The van der Waals surface area contributed by atoms with Crippen LogP contribution in [0, 0.1) is 6.33 Å². The largest absolute Gasteiger partial charge is 0.480 e. The fraction of sp³-hybridized carbons (Fsp3) is 0.100. The second-order valence-electron chi connectivity index (χ2n) is 2.61. The van der Waals surface area contributed by atoms with Crippen LogP contribution in [0.1, 0.15) is 0 Å². The SMILES string of the molecule is COc1n[c]ncc1-c1ccccn1. The van der Waals surface area contributed by atoms with Gasteiger partial charge in [0.1, 0.15) is 0 Å². The molecule has 69 valence electrons. The van der Waals surface area contributed by atoms with E-state index in [2.05, 4.69) is 21.3 Å². The lowest BCUT2D eigenvalue weighted by atomic mass is 10.2. The van der Waals surface area contributed by atoms with Crippen LogP contribution in [0.5, 0.6) is 5.88 Å². The van der Waals surface area contributed by atoms with Crippen molar-refractivity contribution in [1.82, 2.24) is 15.0 Å². The zero-order valence-corrected chi connectivity index (χ0v) is 7.64. The fourth-order valence-electron chi connectivity index (χ4n) is 1.14. The van der Waals surface area contributed by atoms with Crippen LogP contribution in [-0.4, -0.2) is 22.1 Å². The maximum Gasteiger partial charge on any atom is 0.226 e. The zero-order chi connectivity index (χ0) is 9.80. The molecule has 0 unspecified atom stereocenters. The Morgan fingerprint density at radius 3 is 3.00 bits per heavy atom. The molecule has 0 aromatic carbocycles. The van der Waals surface area contributed by atoms with E-state index in [0.717, 1.165) is 11.3 Å². The van der Waals surface area contributed by atoms with E-state index in [4.69, 9.17) is 4.74 Å². The minimum atomic E-state index is 0.485. The van der Waals surface area contributed by atoms with E-state index < -0.39 is 0 Å². The van der Waals surface area contributed by atoms with Gasteiger partial charge >= 0.3 is 0 Å². The molecule has 4 nitrogen and oxygen atoms in total. The summed E-state index contributed by atoms with van der Waals surface area (Å²) in [4.78, 5) is 11.9. The highest BCUT2D eigenvalue weighted by Crippen LogP contribution is 2.23. The number of pyridine rings is 1. The third-order valence-corrected chi connectivity index (χ3v) is 1.77. The third kappa shape index (κ3) is 1.54. The molecule has 0 bridgehead atoms. The molecule has 0 spiro atoms. The second kappa shape index (κ2) is 3.83. The summed E-state index contributed by atoms with van der Waals surface area (Å²) in [6.07, 6.45) is 5.82. The van der Waals surface area contributed by atoms with Crippen molar-refractivity contribution in [3.05, 3.63) is 36.9 Å². The number of hydrogen-bond acceptors (Lipinski definition) is 4. The number of nitrogens with zero attached hydrogens (tertiary/aromatic N) is 3. The molecule has 0 atom stereocenters. The standard InChI is InChI=1S/C10H8N3O/c1-14-10-8(6-11-7-13-10)9-4-2-3-5-12-9/h2-6H,1H3. The summed E-state index contributed by atoms with van der Waals surface area (Å²) in [5.41, 5.74) is 1.56. The Bertz CT molecular complexity index is 417. The van der Waals surface area contributed by atoms with Crippen molar-refractivity contribution < 1.29 is 4.74 Å². The molecule has 0 fully saturated rings. The van der Waals surface area contributed by atoms with Gasteiger partial charge in [0, 0.05) is 12.4 Å². The first-order valence-corrected chi connectivity index (χ1v) is 4.10. The van der Waals surface area contributed by atoms with Gasteiger partial charge in [-0.2, -0.15) is 4.98 Å². The van der Waals surface area contributed by atoms with E-state index in [9.17, 15) is 0 Å². The number of aromatic nitrogens is 3. The van der Waals surface area contributed by atoms with Crippen LogP contribution in [0.15, 0.2) is 30.6 Å². The zero-order valence-electron chi connectivity index (χ0n) is 7.64. The van der Waals surface area contributed by atoms with Crippen LogP contribution in [0.2, 0.25) is 0 Å². The van der Waals surface area contributed by atoms with E-state index in [0.29, 0.717) is 5.88 Å². The lowest BCUT2D eigenvalue weighted by Crippen LogP contribution is -1.93. The molecule has 14 heavy (non-hydrogen) atoms. The van der Waals surface area contributed by atoms with Crippen molar-refractivity contribution >= 4 is 0 Å². The van der Waals surface area contributed by atoms with E-state index >= 15 is 0 Å². The van der Waals surface area contributed by atoms with Gasteiger partial charge in [-0.1, -0.05) is 6.07 Å². The molecular formula is C10H8N3O. The van der Waals surface area contributed by atoms with Crippen molar-refractivity contribution in [2.24, 2.45) is 0 Å². The Morgan fingerprint density at radius 1 is 1.36 bits per heavy atom. The molecule has 0 aliphatic rings. The molecule has 0 saturated carbocycles. The van der Waals surface area contributed by atoms with E-state index in [1.807, 2.05) is 18.2 Å². The average Bonchev–Trinajstić information content (AvgIpc) is 2.30. The van der Waals surface area contributed by atoms with Gasteiger partial charge in [0.2, 0.25) is 12.2 Å². The molecule has 0 N–H and O–H groups in total. The topological polar surface area (TPSA) is 47.9 Å². The number of hydrogen-bond donors (Lipinski definition) is 0. The first kappa shape index (κ1) is 8.62. The van der Waals surface area contributed by atoms with Crippen molar-refractivity contribution in [2.45, 2.75) is 0 Å². The van der Waals surface area contributed by atoms with Gasteiger partial charge in [-0.3, -0.25) is 4.98 Å². The molecule has 0 aliphatic heterocycles. The number of methoxy groups -OCH3 is 1. The summed E-state index contributed by atoms with van der Waals surface area (Å²) in [7, 11) is 1.56. The van der Waals surface area contributed by atoms with Crippen LogP contribution in [0.25, 0.3) is 11.3 Å². The molecule has 1 radical (unpaired) electrons. The summed E-state index contributed by atoms with van der Waals surface area (Å²) >= 11 is 0. The Balaban J connectivity index is 2.51. The van der Waals surface area contributed by atoms with Crippen molar-refractivity contribution in [2.75, 3.05) is 7.11 Å². The molecule has 0 aliphatic carbocycles. The van der Waals surface area contributed by atoms with Gasteiger partial charge in [-0.25, -0.2) is 4.98 Å². The maximum atomic E-state index is 5.08. The lowest BCUT2D eigenvalue weighted by Gasteiger charge is -2.03. The van der Waals surface area contributed by atoms with Crippen LogP contribution in [0.3, 0.4) is 0 Å². The van der Waals surface area contributed by atoms with Crippen LogP contribution < -0.4 is 4.74 Å². The number of ether oxygens (including phenoxy) is 1. The Kier molecular flexibility index (Phi) is 2.36. The Labute approximate surface area is 81.6 Å². The lowest BCUT2D eigenvalue weighted by molar-refractivity contribution is 0.398. The van der Waals surface area contributed by atoms with Gasteiger partial charge in [0.05, 0.1) is 18.4 Å². The molecule has 2 rings (SSSR count). The summed E-state index contributed by atoms with van der Waals surface area (Å²) in [6.45, 7) is 0. The first-order chi connectivity index (χ1) is 6.92. The third-order valence-electron chi connectivity index (χ3n) is 1.77. The van der Waals surface area contributed by atoms with Crippen molar-refractivity contribution in [1.29, 1.82) is 0 Å². The predicted octanol–water partition coefficient (Wildman–Crippen LogP) is 1.35. The molecular weight excluding hydrogens is 178 g/mol. The highest BCUT2D eigenvalue weighted by molar-refractivity contribution is 5.63. The van der Waals surface area contributed by atoms with Gasteiger partial charge in [0.15, 0.2) is 0 Å². The van der Waals surface area contributed by atoms with Gasteiger partial charge in [-0.15, -0.1) is 0 Å². The van der Waals surface area contributed by atoms with Gasteiger partial charge < -0.3 is 4.74 Å². The molecule has 2 aromatic heterocycles. The summed E-state index contributed by atoms with van der Waals surface area (Å²) in [5, 5.41) is 0. The summed E-state index contributed by atoms with van der Waals surface area (Å²) in [5.74, 6) is 0.485. The fourth-order valence-corrected chi connectivity index (χ4v) is 1.14. The van der Waals surface area contributed by atoms with Crippen LogP contribution >= 0.6 is 0 Å². The Morgan fingerprint density at radius 2 is 2.29 bits per heavy atom. The van der Waals surface area contributed by atoms with Crippen molar-refractivity contribution in [3.63, 3.8) is 0 Å². The Hall–Kier alpha value is -1.97. The molecule has 4 heteroatoms. The van der Waals surface area contributed by atoms with Gasteiger partial charge in [-0.05, 0) is 12.1 Å². The van der Waals surface area contributed by atoms with Gasteiger partial charge in [0.25, 0.3) is 0 Å². The van der Waals surface area contributed by atoms with Crippen molar-refractivity contribution in [3.8, 4) is 17.1 Å². The summed E-state index contributed by atoms with van der Waals surface area (Å²) < 4.78 is 5.08. The highest BCUT2D eigenvalue weighted by Gasteiger charge is 2.06. The average molecular weight is 186 g/mol. The van der Waals surface area contributed by atoms with Crippen LogP contribution in [-0.2, 0) is 0 Å². The minimum absolute atomic E-state index is 0.485. The second-order valence-corrected chi connectivity index (χ2v) is 2.61. The predicted molar refractivity (Wildman–Crippen MR) is 50.7 cm³/mol. The smallest absolute Gasteiger partial charge is 0.226 e. The molecule has 0 amide bonds. The maximum absolute atomic E-state index is 5.08. The molecule has 2 heterocycles. The molecule has 0 saturated heterocycles. The van der Waals surface area contributed by atoms with E-state index in [-0.39, 0.29) is 0 Å². The van der Waals surface area contributed by atoms with E-state index in [1.165, 1.54) is 0 Å². The van der Waals surface area contributed by atoms with E-state index in [1.54, 1.807) is 19.5 Å². The van der Waals surface area contributed by atoms with Crippen LogP contribution in [0.4, 0.5) is 0 Å². The first-order valence-electron chi connectivity index (χ1n) is 4.10. The summed E-state index contributed by atoms with van der Waals surface area (Å²) in [6, 6.07) is 5.63. The highest BCUT2D eigenvalue weighted by atomic mass is 16.5. The monoisotopic (exact) mass is 186 g/mol. The number of rotatable bonds is 2. The normalized spacial score (nSPS) is 9.79. The molecule has 2 aromatic rings. The quantitative estimate of drug-likeness (QED) is 0.710. The minimum Gasteiger partial charge on any atom is -0.480 e.